The van der Waals surface area contributed by atoms with Crippen molar-refractivity contribution in [3.8, 4) is 0 Å². The van der Waals surface area contributed by atoms with Crippen LogP contribution in [-0.4, -0.2) is 18.4 Å². The summed E-state index contributed by atoms with van der Waals surface area (Å²) >= 11 is 0. The second-order valence-corrected chi connectivity index (χ2v) is 4.34. The molecule has 0 radical (unpaired) electrons. The summed E-state index contributed by atoms with van der Waals surface area (Å²) in [5.41, 5.74) is 1.02. The minimum atomic E-state index is -0.552. The lowest BCUT2D eigenvalue weighted by molar-refractivity contribution is -0.143. The van der Waals surface area contributed by atoms with Gasteiger partial charge in [0.15, 0.2) is 0 Å². The Labute approximate surface area is 121 Å². The van der Waals surface area contributed by atoms with Crippen molar-refractivity contribution < 1.29 is 18.7 Å². The minimum absolute atomic E-state index is 0.148. The fourth-order valence-electron chi connectivity index (χ4n) is 1.67. The normalized spacial score (nSPS) is 9.95. The molecular formula is C16H14FNO3. The van der Waals surface area contributed by atoms with Crippen molar-refractivity contribution in [2.45, 2.75) is 6.61 Å². The van der Waals surface area contributed by atoms with Crippen LogP contribution < -0.4 is 5.32 Å². The number of benzene rings is 2. The Bertz CT molecular complexity index is 628. The van der Waals surface area contributed by atoms with Crippen LogP contribution >= 0.6 is 0 Å². The first-order valence-electron chi connectivity index (χ1n) is 6.38. The molecule has 21 heavy (non-hydrogen) atoms. The first-order chi connectivity index (χ1) is 10.1. The highest BCUT2D eigenvalue weighted by Crippen LogP contribution is 2.03. The smallest absolute Gasteiger partial charge is 0.325 e. The lowest BCUT2D eigenvalue weighted by Gasteiger charge is -2.06. The summed E-state index contributed by atoms with van der Waals surface area (Å²) in [5, 5.41) is 2.38. The molecule has 1 amide bonds. The summed E-state index contributed by atoms with van der Waals surface area (Å²) < 4.78 is 18.0. The molecule has 2 aromatic rings. The van der Waals surface area contributed by atoms with E-state index in [1.807, 2.05) is 30.3 Å². The first kappa shape index (κ1) is 14.7. The summed E-state index contributed by atoms with van der Waals surface area (Å²) in [6, 6.07) is 14.5. The average Bonchev–Trinajstić information content (AvgIpc) is 2.51. The fourth-order valence-corrected chi connectivity index (χ4v) is 1.67. The standard InChI is InChI=1S/C16H14FNO3/c17-14-8-4-7-13(9-14)16(20)18-10-15(19)21-11-12-5-2-1-3-6-12/h1-9H,10-11H2,(H,18,20). The predicted molar refractivity (Wildman–Crippen MR) is 75.0 cm³/mol. The van der Waals surface area contributed by atoms with Gasteiger partial charge in [-0.05, 0) is 23.8 Å². The Morgan fingerprint density at radius 2 is 1.81 bits per heavy atom. The number of nitrogens with one attached hydrogen (secondary N) is 1. The van der Waals surface area contributed by atoms with E-state index in [0.717, 1.165) is 11.6 Å². The average molecular weight is 287 g/mol. The molecule has 0 aliphatic heterocycles. The van der Waals surface area contributed by atoms with Crippen molar-refractivity contribution in [2.75, 3.05) is 6.54 Å². The SMILES string of the molecule is O=C(CNC(=O)c1cccc(F)c1)OCc1ccccc1. The Morgan fingerprint density at radius 1 is 1.05 bits per heavy atom. The van der Waals surface area contributed by atoms with Crippen LogP contribution in [-0.2, 0) is 16.1 Å². The summed E-state index contributed by atoms with van der Waals surface area (Å²) in [4.78, 5) is 23.2. The maximum absolute atomic E-state index is 13.0. The molecule has 0 aliphatic carbocycles. The van der Waals surface area contributed by atoms with Gasteiger partial charge in [0.2, 0.25) is 0 Å². The monoisotopic (exact) mass is 287 g/mol. The van der Waals surface area contributed by atoms with Crippen LogP contribution in [0.5, 0.6) is 0 Å². The zero-order chi connectivity index (χ0) is 15.1. The van der Waals surface area contributed by atoms with Gasteiger partial charge < -0.3 is 10.1 Å². The molecule has 5 heteroatoms. The van der Waals surface area contributed by atoms with Gasteiger partial charge in [-0.2, -0.15) is 0 Å². The van der Waals surface area contributed by atoms with Gasteiger partial charge in [0.05, 0.1) is 0 Å². The molecule has 108 valence electrons. The van der Waals surface area contributed by atoms with E-state index in [1.54, 1.807) is 0 Å². The third-order valence-corrected chi connectivity index (χ3v) is 2.72. The highest BCUT2D eigenvalue weighted by Gasteiger charge is 2.09. The second kappa shape index (κ2) is 7.19. The Kier molecular flexibility index (Phi) is 5.04. The zero-order valence-corrected chi connectivity index (χ0v) is 11.2. The van der Waals surface area contributed by atoms with E-state index in [2.05, 4.69) is 5.32 Å². The van der Waals surface area contributed by atoms with Crippen LogP contribution in [0.15, 0.2) is 54.6 Å². The molecule has 2 aromatic carbocycles. The van der Waals surface area contributed by atoms with Crippen molar-refractivity contribution in [1.82, 2.24) is 5.32 Å². The molecule has 0 fully saturated rings. The number of amides is 1. The molecule has 0 aliphatic rings. The lowest BCUT2D eigenvalue weighted by Crippen LogP contribution is -2.30. The highest BCUT2D eigenvalue weighted by atomic mass is 19.1. The molecule has 4 nitrogen and oxygen atoms in total. The number of rotatable bonds is 5. The quantitative estimate of drug-likeness (QED) is 0.858. The third-order valence-electron chi connectivity index (χ3n) is 2.72. The van der Waals surface area contributed by atoms with Crippen LogP contribution in [0.4, 0.5) is 4.39 Å². The summed E-state index contributed by atoms with van der Waals surface area (Å²) in [7, 11) is 0. The van der Waals surface area contributed by atoms with Crippen molar-refractivity contribution in [1.29, 1.82) is 0 Å². The second-order valence-electron chi connectivity index (χ2n) is 4.34. The Morgan fingerprint density at radius 3 is 2.52 bits per heavy atom. The van der Waals surface area contributed by atoms with Crippen molar-refractivity contribution in [3.63, 3.8) is 0 Å². The molecule has 1 N–H and O–H groups in total. The predicted octanol–water partition coefficient (Wildman–Crippen LogP) is 2.30. The molecule has 2 rings (SSSR count). The van der Waals surface area contributed by atoms with Gasteiger partial charge >= 0.3 is 5.97 Å². The Hall–Kier alpha value is -2.69. The number of ether oxygens (including phenoxy) is 1. The van der Waals surface area contributed by atoms with Crippen LogP contribution in [0.25, 0.3) is 0 Å². The first-order valence-corrected chi connectivity index (χ1v) is 6.38. The molecule has 0 aromatic heterocycles. The topological polar surface area (TPSA) is 55.4 Å². The molecule has 0 heterocycles. The number of hydrogen-bond acceptors (Lipinski definition) is 3. The Balaban J connectivity index is 1.77. The van der Waals surface area contributed by atoms with E-state index in [1.165, 1.54) is 18.2 Å². The van der Waals surface area contributed by atoms with Crippen LogP contribution in [0.3, 0.4) is 0 Å². The van der Waals surface area contributed by atoms with Crippen LogP contribution in [0, 0.1) is 5.82 Å². The van der Waals surface area contributed by atoms with Gasteiger partial charge in [0.1, 0.15) is 19.0 Å². The third kappa shape index (κ3) is 4.72. The van der Waals surface area contributed by atoms with Gasteiger partial charge in [0, 0.05) is 5.56 Å². The van der Waals surface area contributed by atoms with Crippen molar-refractivity contribution in [2.24, 2.45) is 0 Å². The minimum Gasteiger partial charge on any atom is -0.460 e. The lowest BCUT2D eigenvalue weighted by atomic mass is 10.2. The highest BCUT2D eigenvalue weighted by molar-refractivity contribution is 5.95. The van der Waals surface area contributed by atoms with Gasteiger partial charge in [-0.1, -0.05) is 36.4 Å². The van der Waals surface area contributed by atoms with Crippen molar-refractivity contribution in [3.05, 3.63) is 71.5 Å². The maximum atomic E-state index is 13.0. The number of esters is 1. The van der Waals surface area contributed by atoms with Gasteiger partial charge in [-0.15, -0.1) is 0 Å². The molecule has 0 saturated carbocycles. The number of carbonyl (C=O) groups is 2. The van der Waals surface area contributed by atoms with E-state index in [4.69, 9.17) is 4.74 Å². The van der Waals surface area contributed by atoms with Gasteiger partial charge in [0.25, 0.3) is 5.91 Å². The van der Waals surface area contributed by atoms with E-state index in [-0.39, 0.29) is 18.7 Å². The molecule has 0 atom stereocenters. The molecule has 0 unspecified atom stereocenters. The van der Waals surface area contributed by atoms with Crippen LogP contribution in [0.1, 0.15) is 15.9 Å². The number of carbonyl (C=O) groups excluding carboxylic acids is 2. The number of halogens is 1. The maximum Gasteiger partial charge on any atom is 0.325 e. The molecule has 0 bridgehead atoms. The zero-order valence-electron chi connectivity index (χ0n) is 11.2. The van der Waals surface area contributed by atoms with Gasteiger partial charge in [-0.3, -0.25) is 9.59 Å². The number of hydrogen-bond donors (Lipinski definition) is 1. The summed E-state index contributed by atoms with van der Waals surface area (Å²) in [5.74, 6) is -1.58. The molecule has 0 spiro atoms. The van der Waals surface area contributed by atoms with Crippen LogP contribution in [0.2, 0.25) is 0 Å². The van der Waals surface area contributed by atoms with Gasteiger partial charge in [-0.25, -0.2) is 4.39 Å². The van der Waals surface area contributed by atoms with Crippen molar-refractivity contribution >= 4 is 11.9 Å². The van der Waals surface area contributed by atoms with E-state index >= 15 is 0 Å². The van der Waals surface area contributed by atoms with E-state index in [9.17, 15) is 14.0 Å². The van der Waals surface area contributed by atoms with E-state index < -0.39 is 17.7 Å². The molecule has 0 saturated heterocycles. The van der Waals surface area contributed by atoms with E-state index in [0.29, 0.717) is 0 Å². The summed E-state index contributed by atoms with van der Waals surface area (Å²) in [6.07, 6.45) is 0. The fraction of sp³-hybridized carbons (Fsp3) is 0.125. The molecular weight excluding hydrogens is 273 g/mol. The summed E-state index contributed by atoms with van der Waals surface area (Å²) in [6.45, 7) is -0.113. The largest absolute Gasteiger partial charge is 0.460 e.